The van der Waals surface area contributed by atoms with Crippen LogP contribution in [0.4, 0.5) is 0 Å². The lowest BCUT2D eigenvalue weighted by Crippen LogP contribution is -2.44. The van der Waals surface area contributed by atoms with Gasteiger partial charge in [-0.2, -0.15) is 0 Å². The molecule has 0 saturated carbocycles. The summed E-state index contributed by atoms with van der Waals surface area (Å²) in [5, 5.41) is 15.9. The van der Waals surface area contributed by atoms with E-state index < -0.39 is 0 Å². The van der Waals surface area contributed by atoms with Crippen LogP contribution in [0.15, 0.2) is 282 Å². The number of benzene rings is 11. The van der Waals surface area contributed by atoms with E-state index in [9.17, 15) is 0 Å². The molecule has 0 fully saturated rings. The molecule has 6 nitrogen and oxygen atoms in total. The van der Waals surface area contributed by atoms with Gasteiger partial charge in [-0.3, -0.25) is 5.32 Å². The van der Waals surface area contributed by atoms with Crippen molar-refractivity contribution in [3.63, 3.8) is 0 Å². The van der Waals surface area contributed by atoms with Crippen molar-refractivity contribution in [2.75, 3.05) is 0 Å². The van der Waals surface area contributed by atoms with Gasteiger partial charge in [-0.15, -0.1) is 0 Å². The van der Waals surface area contributed by atoms with E-state index in [1.54, 1.807) is 0 Å². The molecule has 0 saturated heterocycles. The molecule has 11 aromatic rings. The van der Waals surface area contributed by atoms with Crippen LogP contribution in [0.3, 0.4) is 0 Å². The highest BCUT2D eigenvalue weighted by atomic mass is 15.3. The number of nitrogens with one attached hydrogen (secondary N) is 3. The SMILES string of the molecule is c1ccc(-c2ccc(C3=NC(c4ccccc4)NC(c4ccc(-c5ccc(-c6ccc(-c7ccc(C8=NC(c9ccccc9)NC(c9ccccc9)N8)cc7)c7ccccc67)c6ccccc56)cc4)=N3)cc2)cc1. The Morgan fingerprint density at radius 3 is 1.16 bits per heavy atom. The van der Waals surface area contributed by atoms with Crippen molar-refractivity contribution in [2.24, 2.45) is 15.0 Å². The number of rotatable bonds is 10. The maximum Gasteiger partial charge on any atom is 0.159 e. The largest absolute Gasteiger partial charge is 0.350 e. The van der Waals surface area contributed by atoms with Crippen molar-refractivity contribution < 1.29 is 0 Å². The highest BCUT2D eigenvalue weighted by molar-refractivity contribution is 6.14. The lowest BCUT2D eigenvalue weighted by Gasteiger charge is -2.32. The van der Waals surface area contributed by atoms with Gasteiger partial charge in [0, 0.05) is 16.7 Å². The number of amidine groups is 3. The summed E-state index contributed by atoms with van der Waals surface area (Å²) in [6.07, 6.45) is -0.563. The third kappa shape index (κ3) is 8.74. The first-order valence-electron chi connectivity index (χ1n) is 25.3. The summed E-state index contributed by atoms with van der Waals surface area (Å²) >= 11 is 0. The van der Waals surface area contributed by atoms with Gasteiger partial charge in [-0.1, -0.05) is 267 Å². The monoisotopic (exact) mass is 950 g/mol. The summed E-state index contributed by atoms with van der Waals surface area (Å²) in [6.45, 7) is 0. The smallest absolute Gasteiger partial charge is 0.159 e. The molecule has 2 aliphatic heterocycles. The second kappa shape index (κ2) is 19.6. The first-order valence-corrected chi connectivity index (χ1v) is 25.3. The van der Waals surface area contributed by atoms with Crippen molar-refractivity contribution in [1.82, 2.24) is 16.0 Å². The molecule has 0 spiro atoms. The van der Waals surface area contributed by atoms with Crippen LogP contribution in [-0.2, 0) is 0 Å². The topological polar surface area (TPSA) is 73.2 Å². The van der Waals surface area contributed by atoms with Gasteiger partial charge in [0.05, 0.1) is 0 Å². The standard InChI is InChI=1S/C68H50N6/c1-5-17-45(18-6-1)46-29-35-52(36-30-46)66-72-65(51-23-11-4-12-24-51)73-68(74-66)54-39-33-48(34-40-54)56-42-44-62(60-28-16-14-26-58(56)60)61-43-41-55(57-25-13-15-27-59(57)61)47-31-37-53(38-32-47)67-70-63(49-19-7-2-8-20-49)69-64(71-67)50-21-9-3-10-22-50/h1-44,63-65,69H,(H,70,71)(H,72,73,74). The molecule has 3 atom stereocenters. The molecule has 11 aromatic carbocycles. The molecule has 0 bridgehead atoms. The Bertz CT molecular complexity index is 3890. The molecule has 0 aromatic heterocycles. The van der Waals surface area contributed by atoms with E-state index in [0.717, 1.165) is 61.7 Å². The zero-order valence-electron chi connectivity index (χ0n) is 40.5. The van der Waals surface area contributed by atoms with Crippen LogP contribution >= 0.6 is 0 Å². The maximum absolute atomic E-state index is 5.19. The summed E-state index contributed by atoms with van der Waals surface area (Å²) in [5.41, 5.74) is 15.8. The van der Waals surface area contributed by atoms with Crippen molar-refractivity contribution >= 4 is 39.1 Å². The lowest BCUT2D eigenvalue weighted by atomic mass is 9.88. The molecule has 3 unspecified atom stereocenters. The first kappa shape index (κ1) is 44.5. The van der Waals surface area contributed by atoms with Gasteiger partial charge in [0.15, 0.2) is 5.84 Å². The van der Waals surface area contributed by atoms with E-state index >= 15 is 0 Å². The lowest BCUT2D eigenvalue weighted by molar-refractivity contribution is 0.409. The minimum absolute atomic E-state index is 0.0930. The van der Waals surface area contributed by atoms with Crippen molar-refractivity contribution in [1.29, 1.82) is 0 Å². The second-order valence-corrected chi connectivity index (χ2v) is 18.8. The predicted octanol–water partition coefficient (Wildman–Crippen LogP) is 15.5. The molecular weight excluding hydrogens is 901 g/mol. The van der Waals surface area contributed by atoms with Gasteiger partial charge in [0.2, 0.25) is 0 Å². The molecule has 2 heterocycles. The highest BCUT2D eigenvalue weighted by Gasteiger charge is 2.26. The van der Waals surface area contributed by atoms with Crippen LogP contribution < -0.4 is 16.0 Å². The van der Waals surface area contributed by atoms with Gasteiger partial charge >= 0.3 is 0 Å². The molecule has 74 heavy (non-hydrogen) atoms. The van der Waals surface area contributed by atoms with Gasteiger partial charge in [-0.05, 0) is 82.7 Å². The van der Waals surface area contributed by atoms with Crippen LogP contribution in [-0.4, -0.2) is 17.5 Å². The fourth-order valence-electron chi connectivity index (χ4n) is 10.5. The number of nitrogens with zero attached hydrogens (tertiary/aromatic N) is 3. The van der Waals surface area contributed by atoms with E-state index in [0.29, 0.717) is 5.84 Å². The fourth-order valence-corrected chi connectivity index (χ4v) is 10.5. The summed E-state index contributed by atoms with van der Waals surface area (Å²) in [5.74, 6) is 2.35. The second-order valence-electron chi connectivity index (χ2n) is 18.8. The van der Waals surface area contributed by atoms with Crippen LogP contribution in [0.2, 0.25) is 0 Å². The number of hydrogen-bond donors (Lipinski definition) is 3. The van der Waals surface area contributed by atoms with E-state index in [1.165, 1.54) is 49.4 Å². The fraction of sp³-hybridized carbons (Fsp3) is 0.0441. The molecule has 0 aliphatic carbocycles. The Labute approximate surface area is 431 Å². The molecule has 0 radical (unpaired) electrons. The number of hydrogen-bond acceptors (Lipinski definition) is 6. The average Bonchev–Trinajstić information content (AvgIpc) is 3.49. The third-order valence-electron chi connectivity index (χ3n) is 14.3. The zero-order chi connectivity index (χ0) is 49.2. The summed E-state index contributed by atoms with van der Waals surface area (Å²) < 4.78 is 0. The Hall–Kier alpha value is -9.49. The summed E-state index contributed by atoms with van der Waals surface area (Å²) in [7, 11) is 0. The third-order valence-corrected chi connectivity index (χ3v) is 14.3. The van der Waals surface area contributed by atoms with Crippen molar-refractivity contribution in [2.45, 2.75) is 18.5 Å². The molecule has 3 N–H and O–H groups in total. The van der Waals surface area contributed by atoms with Crippen molar-refractivity contribution in [3.05, 3.63) is 300 Å². The minimum atomic E-state index is -0.283. The van der Waals surface area contributed by atoms with E-state index in [2.05, 4.69) is 265 Å². The van der Waals surface area contributed by atoms with Gasteiger partial charge < -0.3 is 10.6 Å². The first-order chi connectivity index (χ1) is 36.7. The maximum atomic E-state index is 5.19. The molecule has 13 rings (SSSR count). The molecule has 6 heteroatoms. The van der Waals surface area contributed by atoms with Crippen LogP contribution in [0.5, 0.6) is 0 Å². The van der Waals surface area contributed by atoms with E-state index in [-0.39, 0.29) is 18.5 Å². The normalized spacial score (nSPS) is 16.4. The van der Waals surface area contributed by atoms with E-state index in [1.807, 2.05) is 18.2 Å². The Balaban J connectivity index is 0.799. The van der Waals surface area contributed by atoms with Gasteiger partial charge in [0.25, 0.3) is 0 Å². The number of fused-ring (bicyclic) bond motifs is 2. The van der Waals surface area contributed by atoms with Crippen molar-refractivity contribution in [3.8, 4) is 44.5 Å². The predicted molar refractivity (Wildman–Crippen MR) is 306 cm³/mol. The molecular formula is C68H50N6. The Kier molecular flexibility index (Phi) is 11.8. The van der Waals surface area contributed by atoms with Gasteiger partial charge in [0.1, 0.15) is 30.2 Å². The minimum Gasteiger partial charge on any atom is -0.350 e. The van der Waals surface area contributed by atoms with Crippen LogP contribution in [0.25, 0.3) is 66.1 Å². The summed E-state index contributed by atoms with van der Waals surface area (Å²) in [4.78, 5) is 15.4. The van der Waals surface area contributed by atoms with Crippen LogP contribution in [0.1, 0.15) is 51.9 Å². The highest BCUT2D eigenvalue weighted by Crippen LogP contribution is 2.41. The molecule has 0 amide bonds. The quantitative estimate of drug-likeness (QED) is 0.128. The Morgan fingerprint density at radius 2 is 0.635 bits per heavy atom. The molecule has 2 aliphatic rings. The molecule has 352 valence electrons. The number of aliphatic imine (C=N–C) groups is 3. The van der Waals surface area contributed by atoms with Crippen LogP contribution in [0, 0.1) is 0 Å². The van der Waals surface area contributed by atoms with E-state index in [4.69, 9.17) is 15.0 Å². The Morgan fingerprint density at radius 1 is 0.257 bits per heavy atom. The van der Waals surface area contributed by atoms with Gasteiger partial charge in [-0.25, -0.2) is 15.0 Å². The average molecular weight is 951 g/mol. The summed E-state index contributed by atoms with van der Waals surface area (Å²) in [6, 6.07) is 94.6. The zero-order valence-corrected chi connectivity index (χ0v) is 40.5.